The standard InChI is InChI=1S/C19H23NO5/c1-12-5-6-16-14(10-25-19(16)13(12)2)8-18(22)24-11-17(21)20-9-15-4-3-7-23-15/h5-6,10,15H,3-4,7-9,11H2,1-2H3,(H,20,21)/t15-/m0/s1. The first kappa shape index (κ1) is 17.5. The molecule has 1 N–H and O–H groups in total. The molecule has 0 saturated carbocycles. The molecule has 6 nitrogen and oxygen atoms in total. The van der Waals surface area contributed by atoms with Gasteiger partial charge in [0.1, 0.15) is 5.58 Å². The molecule has 2 aromatic rings. The number of amides is 1. The van der Waals surface area contributed by atoms with Crippen LogP contribution in [0.2, 0.25) is 0 Å². The van der Waals surface area contributed by atoms with Crippen LogP contribution in [0.4, 0.5) is 0 Å². The Labute approximate surface area is 146 Å². The highest BCUT2D eigenvalue weighted by molar-refractivity contribution is 5.89. The second-order valence-corrected chi connectivity index (χ2v) is 6.42. The number of carbonyl (C=O) groups is 2. The van der Waals surface area contributed by atoms with Crippen LogP contribution in [0.15, 0.2) is 22.8 Å². The van der Waals surface area contributed by atoms with E-state index in [1.165, 1.54) is 0 Å². The lowest BCUT2D eigenvalue weighted by Crippen LogP contribution is -2.35. The Balaban J connectivity index is 1.49. The Kier molecular flexibility index (Phi) is 5.38. The first-order chi connectivity index (χ1) is 12.0. The lowest BCUT2D eigenvalue weighted by atomic mass is 10.0. The van der Waals surface area contributed by atoms with Crippen LogP contribution < -0.4 is 5.32 Å². The minimum Gasteiger partial charge on any atom is -0.464 e. The Hall–Kier alpha value is -2.34. The van der Waals surface area contributed by atoms with E-state index in [0.29, 0.717) is 6.54 Å². The number of benzene rings is 1. The van der Waals surface area contributed by atoms with Crippen molar-refractivity contribution in [1.29, 1.82) is 0 Å². The van der Waals surface area contributed by atoms with Gasteiger partial charge in [-0.1, -0.05) is 12.1 Å². The van der Waals surface area contributed by atoms with Crippen LogP contribution in [0.3, 0.4) is 0 Å². The van der Waals surface area contributed by atoms with Gasteiger partial charge in [0, 0.05) is 24.1 Å². The zero-order chi connectivity index (χ0) is 17.8. The second-order valence-electron chi connectivity index (χ2n) is 6.42. The lowest BCUT2D eigenvalue weighted by Gasteiger charge is -2.10. The van der Waals surface area contributed by atoms with Gasteiger partial charge < -0.3 is 19.2 Å². The summed E-state index contributed by atoms with van der Waals surface area (Å²) in [5, 5.41) is 3.63. The number of rotatable bonds is 6. The van der Waals surface area contributed by atoms with Gasteiger partial charge in [-0.25, -0.2) is 0 Å². The van der Waals surface area contributed by atoms with E-state index in [2.05, 4.69) is 5.32 Å². The molecule has 1 fully saturated rings. The van der Waals surface area contributed by atoms with Crippen LogP contribution in [-0.2, 0) is 25.5 Å². The van der Waals surface area contributed by atoms with Crippen LogP contribution in [0.25, 0.3) is 11.0 Å². The van der Waals surface area contributed by atoms with Gasteiger partial charge in [-0.2, -0.15) is 0 Å². The van der Waals surface area contributed by atoms with Gasteiger partial charge in [-0.15, -0.1) is 0 Å². The third-order valence-corrected chi connectivity index (χ3v) is 4.59. The molecule has 25 heavy (non-hydrogen) atoms. The number of carbonyl (C=O) groups excluding carboxylic acids is 2. The molecule has 0 aliphatic carbocycles. The molecule has 0 radical (unpaired) electrons. The molecule has 1 aromatic heterocycles. The summed E-state index contributed by atoms with van der Waals surface area (Å²) in [7, 11) is 0. The summed E-state index contributed by atoms with van der Waals surface area (Å²) >= 11 is 0. The number of ether oxygens (including phenoxy) is 2. The highest BCUT2D eigenvalue weighted by atomic mass is 16.5. The Morgan fingerprint density at radius 1 is 1.32 bits per heavy atom. The summed E-state index contributed by atoms with van der Waals surface area (Å²) in [5.41, 5.74) is 3.75. The summed E-state index contributed by atoms with van der Waals surface area (Å²) in [6.45, 7) is 4.93. The number of fused-ring (bicyclic) bond motifs is 1. The number of hydrogen-bond donors (Lipinski definition) is 1. The topological polar surface area (TPSA) is 77.8 Å². The number of esters is 1. The van der Waals surface area contributed by atoms with E-state index >= 15 is 0 Å². The fourth-order valence-electron chi connectivity index (χ4n) is 2.96. The maximum Gasteiger partial charge on any atom is 0.310 e. The molecule has 1 aromatic carbocycles. The molecule has 0 bridgehead atoms. The normalized spacial score (nSPS) is 17.0. The van der Waals surface area contributed by atoms with E-state index < -0.39 is 5.97 Å². The Bertz CT molecular complexity index is 773. The SMILES string of the molecule is Cc1ccc2c(CC(=O)OCC(=O)NC[C@@H]3CCCO3)coc2c1C. The molecule has 0 unspecified atom stereocenters. The molecule has 1 aliphatic heterocycles. The van der Waals surface area contributed by atoms with Crippen molar-refractivity contribution in [3.05, 3.63) is 35.1 Å². The van der Waals surface area contributed by atoms with Crippen molar-refractivity contribution in [2.75, 3.05) is 19.8 Å². The molecule has 2 heterocycles. The molecule has 6 heteroatoms. The van der Waals surface area contributed by atoms with Crippen molar-refractivity contribution >= 4 is 22.8 Å². The number of furan rings is 1. The summed E-state index contributed by atoms with van der Waals surface area (Å²) in [4.78, 5) is 23.7. The second kappa shape index (κ2) is 7.70. The molecule has 1 amide bonds. The molecule has 3 rings (SSSR count). The first-order valence-corrected chi connectivity index (χ1v) is 8.55. The quantitative estimate of drug-likeness (QED) is 0.814. The predicted molar refractivity (Wildman–Crippen MR) is 92.3 cm³/mol. The zero-order valence-corrected chi connectivity index (χ0v) is 14.6. The number of aryl methyl sites for hydroxylation is 2. The minimum atomic E-state index is -0.451. The van der Waals surface area contributed by atoms with Crippen LogP contribution in [0.1, 0.15) is 29.5 Å². The highest BCUT2D eigenvalue weighted by Gasteiger charge is 2.17. The predicted octanol–water partition coefficient (Wildman–Crippen LogP) is 2.43. The third-order valence-electron chi connectivity index (χ3n) is 4.59. The molecular weight excluding hydrogens is 322 g/mol. The van der Waals surface area contributed by atoms with Crippen molar-refractivity contribution in [3.8, 4) is 0 Å². The van der Waals surface area contributed by atoms with E-state index in [4.69, 9.17) is 13.9 Å². The zero-order valence-electron chi connectivity index (χ0n) is 14.6. The molecule has 134 valence electrons. The van der Waals surface area contributed by atoms with Crippen LogP contribution in [0, 0.1) is 13.8 Å². The maximum absolute atomic E-state index is 12.0. The maximum atomic E-state index is 12.0. The average molecular weight is 345 g/mol. The Morgan fingerprint density at radius 2 is 2.16 bits per heavy atom. The van der Waals surface area contributed by atoms with Crippen LogP contribution >= 0.6 is 0 Å². The first-order valence-electron chi connectivity index (χ1n) is 8.55. The largest absolute Gasteiger partial charge is 0.464 e. The van der Waals surface area contributed by atoms with Gasteiger partial charge in [0.05, 0.1) is 18.8 Å². The number of hydrogen-bond acceptors (Lipinski definition) is 5. The summed E-state index contributed by atoms with van der Waals surface area (Å²) in [6, 6.07) is 3.94. The Morgan fingerprint density at radius 3 is 2.92 bits per heavy atom. The average Bonchev–Trinajstić information content (AvgIpc) is 3.25. The summed E-state index contributed by atoms with van der Waals surface area (Å²) < 4.78 is 16.1. The van der Waals surface area contributed by atoms with Gasteiger partial charge in [-0.05, 0) is 37.8 Å². The molecule has 0 spiro atoms. The van der Waals surface area contributed by atoms with Crippen molar-refractivity contribution in [2.45, 2.75) is 39.2 Å². The van der Waals surface area contributed by atoms with Gasteiger partial charge in [0.2, 0.25) is 0 Å². The van der Waals surface area contributed by atoms with Crippen molar-refractivity contribution in [2.24, 2.45) is 0 Å². The van der Waals surface area contributed by atoms with E-state index in [9.17, 15) is 9.59 Å². The van der Waals surface area contributed by atoms with E-state index in [1.807, 2.05) is 26.0 Å². The van der Waals surface area contributed by atoms with Crippen LogP contribution in [-0.4, -0.2) is 37.7 Å². The molecule has 1 saturated heterocycles. The fraction of sp³-hybridized carbons (Fsp3) is 0.474. The summed E-state index contributed by atoms with van der Waals surface area (Å²) in [6.07, 6.45) is 3.70. The van der Waals surface area contributed by atoms with Crippen molar-refractivity contribution < 1.29 is 23.5 Å². The van der Waals surface area contributed by atoms with Gasteiger partial charge in [-0.3, -0.25) is 9.59 Å². The van der Waals surface area contributed by atoms with Gasteiger partial charge in [0.25, 0.3) is 5.91 Å². The van der Waals surface area contributed by atoms with Gasteiger partial charge >= 0.3 is 5.97 Å². The molecule has 1 aliphatic rings. The lowest BCUT2D eigenvalue weighted by molar-refractivity contribution is -0.148. The number of nitrogens with one attached hydrogen (secondary N) is 1. The van der Waals surface area contributed by atoms with Crippen LogP contribution in [0.5, 0.6) is 0 Å². The summed E-state index contributed by atoms with van der Waals surface area (Å²) in [5.74, 6) is -0.763. The fourth-order valence-corrected chi connectivity index (χ4v) is 2.96. The van der Waals surface area contributed by atoms with E-state index in [-0.39, 0.29) is 25.0 Å². The van der Waals surface area contributed by atoms with E-state index in [0.717, 1.165) is 47.1 Å². The smallest absolute Gasteiger partial charge is 0.310 e. The monoisotopic (exact) mass is 345 g/mol. The van der Waals surface area contributed by atoms with Crippen molar-refractivity contribution in [3.63, 3.8) is 0 Å². The highest BCUT2D eigenvalue weighted by Crippen LogP contribution is 2.26. The van der Waals surface area contributed by atoms with Gasteiger partial charge in [0.15, 0.2) is 6.61 Å². The van der Waals surface area contributed by atoms with E-state index in [1.54, 1.807) is 6.26 Å². The molecule has 1 atom stereocenters. The van der Waals surface area contributed by atoms with Crippen molar-refractivity contribution in [1.82, 2.24) is 5.32 Å². The minimum absolute atomic E-state index is 0.0728. The third kappa shape index (κ3) is 4.20. The molecular formula is C19H23NO5.